The number of hydrogen-bond donors (Lipinski definition) is 1. The van der Waals surface area contributed by atoms with Crippen molar-refractivity contribution in [3.63, 3.8) is 0 Å². The molecule has 2 N–H and O–H groups in total. The van der Waals surface area contributed by atoms with E-state index in [1.165, 1.54) is 49.9 Å². The molecule has 94 valence electrons. The third-order valence-electron chi connectivity index (χ3n) is 3.83. The van der Waals surface area contributed by atoms with Crippen molar-refractivity contribution in [2.45, 2.75) is 51.6 Å². The van der Waals surface area contributed by atoms with Crippen LogP contribution in [-0.2, 0) is 6.54 Å². The maximum Gasteiger partial charge on any atom is 0.0371 e. The lowest BCUT2D eigenvalue weighted by Crippen LogP contribution is -2.34. The summed E-state index contributed by atoms with van der Waals surface area (Å²) >= 11 is 0. The molecule has 1 aromatic carbocycles. The minimum atomic E-state index is 0.637. The van der Waals surface area contributed by atoms with E-state index in [2.05, 4.69) is 36.1 Å². The minimum Gasteiger partial charge on any atom is -0.369 e. The molecule has 0 spiro atoms. The molecule has 0 aliphatic carbocycles. The van der Waals surface area contributed by atoms with Gasteiger partial charge in [-0.15, -0.1) is 0 Å². The molecule has 0 radical (unpaired) electrons. The molecule has 1 aliphatic heterocycles. The maximum absolute atomic E-state index is 5.73. The van der Waals surface area contributed by atoms with Gasteiger partial charge in [0.15, 0.2) is 0 Å². The number of nitrogens with zero attached hydrogens (tertiary/aromatic N) is 1. The quantitative estimate of drug-likeness (QED) is 0.866. The Balaban J connectivity index is 2.21. The molecule has 1 aromatic rings. The molecule has 0 amide bonds. The van der Waals surface area contributed by atoms with Gasteiger partial charge in [0, 0.05) is 24.8 Å². The van der Waals surface area contributed by atoms with Crippen molar-refractivity contribution in [3.05, 3.63) is 29.8 Å². The molecule has 17 heavy (non-hydrogen) atoms. The highest BCUT2D eigenvalue weighted by Crippen LogP contribution is 2.26. The monoisotopic (exact) mass is 232 g/mol. The Hall–Kier alpha value is -1.02. The molecule has 1 saturated heterocycles. The van der Waals surface area contributed by atoms with Crippen molar-refractivity contribution in [2.24, 2.45) is 5.73 Å². The number of rotatable bonds is 3. The fraction of sp³-hybridized carbons (Fsp3) is 0.600. The van der Waals surface area contributed by atoms with Crippen molar-refractivity contribution in [1.82, 2.24) is 0 Å². The van der Waals surface area contributed by atoms with E-state index in [0.29, 0.717) is 12.6 Å². The second-order valence-electron chi connectivity index (χ2n) is 4.98. The summed E-state index contributed by atoms with van der Waals surface area (Å²) in [5, 5.41) is 0. The number of hydrogen-bond acceptors (Lipinski definition) is 2. The summed E-state index contributed by atoms with van der Waals surface area (Å²) in [7, 11) is 0. The van der Waals surface area contributed by atoms with Gasteiger partial charge in [0.2, 0.25) is 0 Å². The third kappa shape index (κ3) is 3.01. The fourth-order valence-electron chi connectivity index (χ4n) is 2.80. The predicted molar refractivity (Wildman–Crippen MR) is 74.2 cm³/mol. The van der Waals surface area contributed by atoms with E-state index in [1.54, 1.807) is 0 Å². The smallest absolute Gasteiger partial charge is 0.0371 e. The molecule has 2 nitrogen and oxygen atoms in total. The van der Waals surface area contributed by atoms with Crippen LogP contribution in [0.25, 0.3) is 0 Å². The van der Waals surface area contributed by atoms with Gasteiger partial charge in [0.05, 0.1) is 0 Å². The standard InChI is InChI=1S/C15H24N2/c1-2-14-8-4-3-5-10-17(14)15-9-6-7-13(11-15)12-16/h6-7,9,11,14H,2-5,8,10,12,16H2,1H3. The van der Waals surface area contributed by atoms with Crippen LogP contribution in [-0.4, -0.2) is 12.6 Å². The van der Waals surface area contributed by atoms with Crippen LogP contribution in [0.15, 0.2) is 24.3 Å². The highest BCUT2D eigenvalue weighted by atomic mass is 15.2. The van der Waals surface area contributed by atoms with Crippen molar-refractivity contribution >= 4 is 5.69 Å². The van der Waals surface area contributed by atoms with Crippen LogP contribution in [0.1, 0.15) is 44.6 Å². The van der Waals surface area contributed by atoms with Crippen molar-refractivity contribution in [1.29, 1.82) is 0 Å². The lowest BCUT2D eigenvalue weighted by Gasteiger charge is -2.31. The topological polar surface area (TPSA) is 29.3 Å². The first-order chi connectivity index (χ1) is 8.35. The van der Waals surface area contributed by atoms with Gasteiger partial charge in [0.1, 0.15) is 0 Å². The first-order valence-corrected chi connectivity index (χ1v) is 6.90. The van der Waals surface area contributed by atoms with E-state index in [-0.39, 0.29) is 0 Å². The van der Waals surface area contributed by atoms with Gasteiger partial charge in [-0.2, -0.15) is 0 Å². The van der Waals surface area contributed by atoms with Crippen LogP contribution in [0, 0.1) is 0 Å². The summed E-state index contributed by atoms with van der Waals surface area (Å²) in [6, 6.07) is 9.45. The zero-order valence-electron chi connectivity index (χ0n) is 10.9. The van der Waals surface area contributed by atoms with Crippen LogP contribution in [0.5, 0.6) is 0 Å². The molecule has 2 rings (SSSR count). The lowest BCUT2D eigenvalue weighted by molar-refractivity contribution is 0.556. The second-order valence-corrected chi connectivity index (χ2v) is 4.98. The molecule has 0 aromatic heterocycles. The van der Waals surface area contributed by atoms with Crippen molar-refractivity contribution in [2.75, 3.05) is 11.4 Å². The SMILES string of the molecule is CCC1CCCCCN1c1cccc(CN)c1. The first-order valence-electron chi connectivity index (χ1n) is 6.90. The maximum atomic E-state index is 5.73. The molecule has 1 heterocycles. The van der Waals surface area contributed by atoms with Crippen LogP contribution in [0.2, 0.25) is 0 Å². The summed E-state index contributed by atoms with van der Waals surface area (Å²) < 4.78 is 0. The van der Waals surface area contributed by atoms with Gasteiger partial charge in [-0.25, -0.2) is 0 Å². The van der Waals surface area contributed by atoms with Gasteiger partial charge in [-0.05, 0) is 37.0 Å². The van der Waals surface area contributed by atoms with Crippen molar-refractivity contribution < 1.29 is 0 Å². The Morgan fingerprint density at radius 2 is 2.18 bits per heavy atom. The van der Waals surface area contributed by atoms with E-state index in [4.69, 9.17) is 5.73 Å². The summed E-state index contributed by atoms with van der Waals surface area (Å²) in [6.45, 7) is 4.14. The fourth-order valence-corrected chi connectivity index (χ4v) is 2.80. The molecule has 1 aliphatic rings. The lowest BCUT2D eigenvalue weighted by atomic mass is 10.1. The Labute approximate surface area is 105 Å². The zero-order chi connectivity index (χ0) is 12.1. The molecular formula is C15H24N2. The summed E-state index contributed by atoms with van der Waals surface area (Å²) in [4.78, 5) is 2.59. The zero-order valence-corrected chi connectivity index (χ0v) is 10.9. The minimum absolute atomic E-state index is 0.637. The summed E-state index contributed by atoms with van der Waals surface area (Å²) in [6.07, 6.45) is 6.66. The Morgan fingerprint density at radius 1 is 1.29 bits per heavy atom. The van der Waals surface area contributed by atoms with Gasteiger partial charge in [-0.3, -0.25) is 0 Å². The van der Waals surface area contributed by atoms with E-state index >= 15 is 0 Å². The van der Waals surface area contributed by atoms with E-state index in [0.717, 1.165) is 0 Å². The second kappa shape index (κ2) is 6.06. The van der Waals surface area contributed by atoms with Crippen molar-refractivity contribution in [3.8, 4) is 0 Å². The molecule has 1 fully saturated rings. The highest BCUT2D eigenvalue weighted by Gasteiger charge is 2.19. The molecule has 0 bridgehead atoms. The van der Waals surface area contributed by atoms with Crippen LogP contribution in [0.3, 0.4) is 0 Å². The number of nitrogens with two attached hydrogens (primary N) is 1. The largest absolute Gasteiger partial charge is 0.369 e. The molecule has 0 saturated carbocycles. The van der Waals surface area contributed by atoms with Gasteiger partial charge < -0.3 is 10.6 Å². The van der Waals surface area contributed by atoms with Crippen LogP contribution in [0.4, 0.5) is 5.69 Å². The molecule has 2 heteroatoms. The van der Waals surface area contributed by atoms with Crippen LogP contribution >= 0.6 is 0 Å². The molecule has 1 atom stereocenters. The number of benzene rings is 1. The van der Waals surface area contributed by atoms with Gasteiger partial charge in [-0.1, -0.05) is 31.9 Å². The van der Waals surface area contributed by atoms with E-state index in [9.17, 15) is 0 Å². The molecule has 1 unspecified atom stereocenters. The summed E-state index contributed by atoms with van der Waals surface area (Å²) in [5.41, 5.74) is 8.33. The van der Waals surface area contributed by atoms with Crippen LogP contribution < -0.4 is 10.6 Å². The summed E-state index contributed by atoms with van der Waals surface area (Å²) in [5.74, 6) is 0. The highest BCUT2D eigenvalue weighted by molar-refractivity contribution is 5.49. The normalized spacial score (nSPS) is 21.3. The van der Waals surface area contributed by atoms with Gasteiger partial charge >= 0.3 is 0 Å². The Morgan fingerprint density at radius 3 is 2.94 bits per heavy atom. The predicted octanol–water partition coefficient (Wildman–Crippen LogP) is 3.30. The Bertz CT molecular complexity index is 349. The molecular weight excluding hydrogens is 208 g/mol. The average molecular weight is 232 g/mol. The first kappa shape index (κ1) is 12.4. The van der Waals surface area contributed by atoms with E-state index in [1.807, 2.05) is 0 Å². The third-order valence-corrected chi connectivity index (χ3v) is 3.83. The van der Waals surface area contributed by atoms with E-state index < -0.39 is 0 Å². The average Bonchev–Trinajstić information content (AvgIpc) is 2.63. The number of anilines is 1. The Kier molecular flexibility index (Phi) is 4.43. The van der Waals surface area contributed by atoms with Gasteiger partial charge in [0.25, 0.3) is 0 Å².